The number of carbonyl (C=O) groups is 1. The topological polar surface area (TPSA) is 29.1 Å². The molecule has 0 heterocycles. The maximum absolute atomic E-state index is 13.2. The highest BCUT2D eigenvalue weighted by molar-refractivity contribution is 5.96. The van der Waals surface area contributed by atoms with Crippen LogP contribution < -0.4 is 5.32 Å². The molecule has 3 aromatic rings. The Kier molecular flexibility index (Phi) is 6.48. The molecule has 0 fully saturated rings. The van der Waals surface area contributed by atoms with Crippen molar-refractivity contribution < 1.29 is 9.18 Å². The summed E-state index contributed by atoms with van der Waals surface area (Å²) >= 11 is 0. The highest BCUT2D eigenvalue weighted by atomic mass is 19.1. The van der Waals surface area contributed by atoms with Gasteiger partial charge in [-0.1, -0.05) is 44.2 Å². The van der Waals surface area contributed by atoms with Gasteiger partial charge in [-0.2, -0.15) is 0 Å². The van der Waals surface area contributed by atoms with E-state index in [-0.39, 0.29) is 17.6 Å². The lowest BCUT2D eigenvalue weighted by Crippen LogP contribution is -2.16. The van der Waals surface area contributed by atoms with Gasteiger partial charge in [-0.3, -0.25) is 4.79 Å². The molecule has 0 aromatic heterocycles. The van der Waals surface area contributed by atoms with E-state index in [0.717, 1.165) is 11.3 Å². The summed E-state index contributed by atoms with van der Waals surface area (Å²) in [5.74, 6) is 0.103. The van der Waals surface area contributed by atoms with Gasteiger partial charge in [0.1, 0.15) is 5.82 Å². The Morgan fingerprint density at radius 2 is 1.48 bits per heavy atom. The lowest BCUT2D eigenvalue weighted by atomic mass is 9.94. The van der Waals surface area contributed by atoms with Crippen molar-refractivity contribution in [3.8, 4) is 0 Å². The molecule has 0 saturated carbocycles. The summed E-state index contributed by atoms with van der Waals surface area (Å²) in [7, 11) is 0. The second-order valence-electron chi connectivity index (χ2n) is 7.95. The molecule has 0 amide bonds. The molecule has 3 aromatic carbocycles. The molecule has 0 aliphatic heterocycles. The van der Waals surface area contributed by atoms with Crippen LogP contribution in [0.5, 0.6) is 0 Å². The Morgan fingerprint density at radius 1 is 0.862 bits per heavy atom. The Hall–Kier alpha value is -2.94. The first-order valence-corrected chi connectivity index (χ1v) is 10.1. The minimum Gasteiger partial charge on any atom is -0.378 e. The molecule has 3 rings (SSSR count). The number of benzene rings is 3. The van der Waals surface area contributed by atoms with Crippen LogP contribution in [0.25, 0.3) is 0 Å². The normalized spacial score (nSPS) is 12.1. The van der Waals surface area contributed by atoms with E-state index < -0.39 is 0 Å². The Bertz CT molecular complexity index is 975. The molecule has 0 aliphatic carbocycles. The number of carbonyl (C=O) groups excluding carboxylic acids is 1. The van der Waals surface area contributed by atoms with Crippen LogP contribution in [0.4, 0.5) is 10.1 Å². The third-order valence-electron chi connectivity index (χ3n) is 5.41. The number of ketones is 1. The molecule has 0 radical (unpaired) electrons. The van der Waals surface area contributed by atoms with Crippen LogP contribution in [0, 0.1) is 19.7 Å². The van der Waals surface area contributed by atoms with E-state index in [9.17, 15) is 9.18 Å². The molecule has 1 atom stereocenters. The average Bonchev–Trinajstić information content (AvgIpc) is 2.70. The van der Waals surface area contributed by atoms with Gasteiger partial charge < -0.3 is 5.32 Å². The zero-order valence-corrected chi connectivity index (χ0v) is 17.5. The van der Waals surface area contributed by atoms with Gasteiger partial charge in [-0.15, -0.1) is 0 Å². The van der Waals surface area contributed by atoms with Crippen LogP contribution in [-0.2, 0) is 0 Å². The lowest BCUT2D eigenvalue weighted by Gasteiger charge is -2.21. The van der Waals surface area contributed by atoms with E-state index in [1.54, 1.807) is 12.1 Å². The van der Waals surface area contributed by atoms with Crippen molar-refractivity contribution >= 4 is 11.5 Å². The molecular formula is C26H28FNO. The van der Waals surface area contributed by atoms with Crippen molar-refractivity contribution in [1.82, 2.24) is 0 Å². The molecular weight excluding hydrogens is 361 g/mol. The van der Waals surface area contributed by atoms with Crippen molar-refractivity contribution in [2.45, 2.75) is 46.1 Å². The third kappa shape index (κ3) is 5.32. The van der Waals surface area contributed by atoms with Crippen LogP contribution in [0.2, 0.25) is 0 Å². The van der Waals surface area contributed by atoms with E-state index >= 15 is 0 Å². The van der Waals surface area contributed by atoms with Crippen LogP contribution in [-0.4, -0.2) is 5.78 Å². The molecule has 0 bridgehead atoms. The second kappa shape index (κ2) is 9.04. The van der Waals surface area contributed by atoms with Crippen LogP contribution in [0.15, 0.2) is 66.7 Å². The molecule has 0 spiro atoms. The highest BCUT2D eigenvalue weighted by Gasteiger charge is 2.18. The first-order valence-electron chi connectivity index (χ1n) is 10.1. The summed E-state index contributed by atoms with van der Waals surface area (Å²) in [6.45, 7) is 8.49. The fourth-order valence-corrected chi connectivity index (χ4v) is 3.34. The van der Waals surface area contributed by atoms with Crippen LogP contribution in [0.3, 0.4) is 0 Å². The minimum atomic E-state index is -0.337. The Morgan fingerprint density at radius 3 is 2.07 bits per heavy atom. The van der Waals surface area contributed by atoms with E-state index in [1.165, 1.54) is 28.8 Å². The van der Waals surface area contributed by atoms with E-state index in [0.29, 0.717) is 17.9 Å². The molecule has 150 valence electrons. The van der Waals surface area contributed by atoms with Gasteiger partial charge in [-0.25, -0.2) is 4.39 Å². The van der Waals surface area contributed by atoms with Gasteiger partial charge in [0.15, 0.2) is 5.78 Å². The van der Waals surface area contributed by atoms with Crippen molar-refractivity contribution in [2.24, 2.45) is 0 Å². The minimum absolute atomic E-state index is 0.0146. The van der Waals surface area contributed by atoms with E-state index in [1.807, 2.05) is 6.07 Å². The number of Topliss-reactive ketones (excluding diaryl/α,β-unsaturated/α-hetero) is 1. The molecule has 0 saturated heterocycles. The number of hydrogen-bond donors (Lipinski definition) is 1. The quantitative estimate of drug-likeness (QED) is 0.441. The van der Waals surface area contributed by atoms with Crippen LogP contribution in [0.1, 0.15) is 64.8 Å². The number of halogens is 1. The molecule has 1 N–H and O–H groups in total. The maximum atomic E-state index is 13.2. The van der Waals surface area contributed by atoms with Gasteiger partial charge >= 0.3 is 0 Å². The summed E-state index contributed by atoms with van der Waals surface area (Å²) in [5, 5.41) is 3.53. The predicted octanol–water partition coefficient (Wildman–Crippen LogP) is 6.99. The third-order valence-corrected chi connectivity index (χ3v) is 5.41. The number of hydrogen-bond acceptors (Lipinski definition) is 2. The van der Waals surface area contributed by atoms with Crippen molar-refractivity contribution in [2.75, 3.05) is 5.32 Å². The van der Waals surface area contributed by atoms with Gasteiger partial charge in [0.25, 0.3) is 0 Å². The smallest absolute Gasteiger partial charge is 0.165 e. The molecule has 1 unspecified atom stereocenters. The fraction of sp³-hybridized carbons (Fsp3) is 0.269. The van der Waals surface area contributed by atoms with Gasteiger partial charge in [0, 0.05) is 17.7 Å². The number of aryl methyl sites for hydroxylation is 2. The Balaban J connectivity index is 1.88. The molecule has 29 heavy (non-hydrogen) atoms. The van der Waals surface area contributed by atoms with Crippen molar-refractivity contribution in [3.63, 3.8) is 0 Å². The highest BCUT2D eigenvalue weighted by Crippen LogP contribution is 2.27. The predicted molar refractivity (Wildman–Crippen MR) is 118 cm³/mol. The second-order valence-corrected chi connectivity index (χ2v) is 7.95. The molecule has 0 aliphatic rings. The number of nitrogens with one attached hydrogen (secondary N) is 1. The van der Waals surface area contributed by atoms with E-state index in [4.69, 9.17) is 0 Å². The summed E-state index contributed by atoms with van der Waals surface area (Å²) in [5.41, 5.74) is 6.27. The SMILES string of the molecule is Cc1ccc(NC(CC(=O)c2ccc(F)cc2)c2ccc(C(C)C)cc2)cc1C. The number of rotatable bonds is 7. The largest absolute Gasteiger partial charge is 0.378 e. The van der Waals surface area contributed by atoms with Gasteiger partial charge in [0.2, 0.25) is 0 Å². The molecule has 3 heteroatoms. The van der Waals surface area contributed by atoms with E-state index in [2.05, 4.69) is 69.4 Å². The maximum Gasteiger partial charge on any atom is 0.165 e. The van der Waals surface area contributed by atoms with Crippen molar-refractivity contribution in [1.29, 1.82) is 0 Å². The lowest BCUT2D eigenvalue weighted by molar-refractivity contribution is 0.0976. The Labute approximate surface area is 172 Å². The zero-order valence-electron chi connectivity index (χ0n) is 17.5. The average molecular weight is 390 g/mol. The summed E-state index contributed by atoms with van der Waals surface area (Å²) in [4.78, 5) is 12.9. The first kappa shape index (κ1) is 20.8. The summed E-state index contributed by atoms with van der Waals surface area (Å²) in [6.07, 6.45) is 0.291. The van der Waals surface area contributed by atoms with Gasteiger partial charge in [-0.05, 0) is 78.4 Å². The zero-order chi connectivity index (χ0) is 21.0. The van der Waals surface area contributed by atoms with Gasteiger partial charge in [0.05, 0.1) is 6.04 Å². The first-order chi connectivity index (χ1) is 13.8. The van der Waals surface area contributed by atoms with Crippen molar-refractivity contribution in [3.05, 3.63) is 100 Å². The fourth-order valence-electron chi connectivity index (χ4n) is 3.34. The summed E-state index contributed by atoms with van der Waals surface area (Å²) in [6, 6.07) is 20.2. The van der Waals surface area contributed by atoms with Crippen LogP contribution >= 0.6 is 0 Å². The standard InChI is InChI=1S/C26H28FNO/c1-17(2)20-6-8-21(9-7-20)25(28-24-14-5-18(3)19(4)15-24)16-26(29)22-10-12-23(27)13-11-22/h5-15,17,25,28H,16H2,1-4H3. The molecule has 2 nitrogen and oxygen atoms in total. The summed E-state index contributed by atoms with van der Waals surface area (Å²) < 4.78 is 13.2. The monoisotopic (exact) mass is 389 g/mol. The number of anilines is 1.